The predicted octanol–water partition coefficient (Wildman–Crippen LogP) is 2.31. The number of benzene rings is 1. The molecular weight excluding hydrogens is 299 g/mol. The summed E-state index contributed by atoms with van der Waals surface area (Å²) >= 11 is 5.90. The third kappa shape index (κ3) is 2.04. The molecular formula is C9H7ClN2O3Se. The quantitative estimate of drug-likeness (QED) is 0.478. The van der Waals surface area contributed by atoms with Gasteiger partial charge in [-0.1, -0.05) is 0 Å². The Hall–Kier alpha value is -1.10. The fourth-order valence-electron chi connectivity index (χ4n) is 1.44. The molecule has 0 saturated carbocycles. The summed E-state index contributed by atoms with van der Waals surface area (Å²) in [4.78, 5) is 23.2. The Labute approximate surface area is 103 Å². The fourth-order valence-corrected chi connectivity index (χ4v) is 3.38. The van der Waals surface area contributed by atoms with Crippen LogP contribution in [0.3, 0.4) is 0 Å². The third-order valence-corrected chi connectivity index (χ3v) is 4.29. The van der Waals surface area contributed by atoms with Gasteiger partial charge in [0.25, 0.3) is 0 Å². The van der Waals surface area contributed by atoms with Gasteiger partial charge in [-0.15, -0.1) is 0 Å². The molecule has 0 radical (unpaired) electrons. The van der Waals surface area contributed by atoms with E-state index in [1.165, 1.54) is 18.2 Å². The monoisotopic (exact) mass is 306 g/mol. The van der Waals surface area contributed by atoms with Crippen molar-refractivity contribution in [1.82, 2.24) is 0 Å². The van der Waals surface area contributed by atoms with Crippen molar-refractivity contribution in [3.8, 4) is 0 Å². The van der Waals surface area contributed by atoms with E-state index in [-0.39, 0.29) is 30.5 Å². The van der Waals surface area contributed by atoms with Crippen molar-refractivity contribution >= 4 is 42.7 Å². The summed E-state index contributed by atoms with van der Waals surface area (Å²) < 4.78 is 0. The van der Waals surface area contributed by atoms with Crippen molar-refractivity contribution < 1.29 is 9.72 Å². The van der Waals surface area contributed by atoms with E-state index in [4.69, 9.17) is 11.6 Å². The minimum atomic E-state index is -0.509. The summed E-state index contributed by atoms with van der Waals surface area (Å²) in [6.07, 6.45) is 0. The van der Waals surface area contributed by atoms with Crippen molar-refractivity contribution in [2.24, 2.45) is 0 Å². The Morgan fingerprint density at radius 3 is 2.75 bits per heavy atom. The molecule has 0 N–H and O–H groups in total. The SMILES string of the molecule is O=C1[Se]CCN1c1ccc([N+](=O)[O-])cc1Cl. The van der Waals surface area contributed by atoms with Crippen LogP contribution in [-0.4, -0.2) is 31.2 Å². The second-order valence-corrected chi connectivity index (χ2v) is 5.76. The molecule has 0 bridgehead atoms. The molecule has 0 unspecified atom stereocenters. The van der Waals surface area contributed by atoms with Crippen molar-refractivity contribution in [2.45, 2.75) is 5.32 Å². The molecule has 1 aliphatic rings. The zero-order valence-electron chi connectivity index (χ0n) is 8.05. The summed E-state index contributed by atoms with van der Waals surface area (Å²) in [5.41, 5.74) is 0.502. The molecule has 16 heavy (non-hydrogen) atoms. The Kier molecular flexibility index (Phi) is 3.14. The number of amides is 1. The number of nitro groups is 1. The third-order valence-electron chi connectivity index (χ3n) is 2.19. The summed E-state index contributed by atoms with van der Waals surface area (Å²) in [6.45, 7) is 0.649. The van der Waals surface area contributed by atoms with Crippen LogP contribution in [0.15, 0.2) is 18.2 Å². The van der Waals surface area contributed by atoms with Crippen LogP contribution in [0.4, 0.5) is 16.2 Å². The van der Waals surface area contributed by atoms with Gasteiger partial charge in [0.05, 0.1) is 0 Å². The van der Waals surface area contributed by atoms with Gasteiger partial charge in [0.15, 0.2) is 0 Å². The van der Waals surface area contributed by atoms with E-state index >= 15 is 0 Å². The molecule has 1 aromatic rings. The van der Waals surface area contributed by atoms with Crippen LogP contribution in [0, 0.1) is 10.1 Å². The van der Waals surface area contributed by atoms with Crippen LogP contribution in [0.1, 0.15) is 0 Å². The maximum absolute atomic E-state index is 11.5. The van der Waals surface area contributed by atoms with E-state index in [9.17, 15) is 14.9 Å². The Balaban J connectivity index is 2.36. The first-order chi connectivity index (χ1) is 7.59. The van der Waals surface area contributed by atoms with Crippen molar-refractivity contribution in [3.05, 3.63) is 33.3 Å². The number of hydrogen-bond acceptors (Lipinski definition) is 3. The number of nitro benzene ring substituents is 1. The number of rotatable bonds is 2. The van der Waals surface area contributed by atoms with Gasteiger partial charge in [0.2, 0.25) is 0 Å². The molecule has 0 atom stereocenters. The van der Waals surface area contributed by atoms with Gasteiger partial charge in [-0.05, 0) is 0 Å². The van der Waals surface area contributed by atoms with Crippen LogP contribution in [-0.2, 0) is 0 Å². The van der Waals surface area contributed by atoms with E-state index < -0.39 is 4.92 Å². The molecule has 0 aliphatic carbocycles. The first kappa shape index (κ1) is 11.4. The van der Waals surface area contributed by atoms with Crippen LogP contribution < -0.4 is 4.90 Å². The predicted molar refractivity (Wildman–Crippen MR) is 61.4 cm³/mol. The summed E-state index contributed by atoms with van der Waals surface area (Å²) in [5, 5.41) is 11.6. The minimum absolute atomic E-state index is 0.0227. The summed E-state index contributed by atoms with van der Waals surface area (Å²) in [5.74, 6) is 0. The van der Waals surface area contributed by atoms with Gasteiger partial charge >= 0.3 is 103 Å². The van der Waals surface area contributed by atoms with E-state index in [1.807, 2.05) is 0 Å². The van der Waals surface area contributed by atoms with Crippen LogP contribution in [0.2, 0.25) is 10.3 Å². The van der Waals surface area contributed by atoms with E-state index in [1.54, 1.807) is 4.90 Å². The van der Waals surface area contributed by atoms with Gasteiger partial charge in [-0.3, -0.25) is 0 Å². The molecule has 1 heterocycles. The maximum atomic E-state index is 11.5. The van der Waals surface area contributed by atoms with Crippen molar-refractivity contribution in [2.75, 3.05) is 11.4 Å². The molecule has 1 aromatic carbocycles. The van der Waals surface area contributed by atoms with Gasteiger partial charge in [0.1, 0.15) is 0 Å². The molecule has 1 aliphatic heterocycles. The van der Waals surface area contributed by atoms with Crippen molar-refractivity contribution in [1.29, 1.82) is 0 Å². The van der Waals surface area contributed by atoms with E-state index in [0.29, 0.717) is 12.2 Å². The molecule has 1 amide bonds. The first-order valence-electron chi connectivity index (χ1n) is 4.48. The van der Waals surface area contributed by atoms with E-state index in [0.717, 1.165) is 5.32 Å². The van der Waals surface area contributed by atoms with E-state index in [2.05, 4.69) is 0 Å². The number of carbonyl (C=O) groups is 1. The number of hydrogen-bond donors (Lipinski definition) is 0. The first-order valence-corrected chi connectivity index (χ1v) is 6.92. The summed E-state index contributed by atoms with van der Waals surface area (Å²) in [7, 11) is 0. The van der Waals surface area contributed by atoms with Gasteiger partial charge in [-0.2, -0.15) is 0 Å². The second kappa shape index (κ2) is 4.41. The molecule has 5 nitrogen and oxygen atoms in total. The summed E-state index contributed by atoms with van der Waals surface area (Å²) in [6, 6.07) is 4.16. The zero-order chi connectivity index (χ0) is 11.7. The van der Waals surface area contributed by atoms with Gasteiger partial charge in [-0.25, -0.2) is 0 Å². The zero-order valence-corrected chi connectivity index (χ0v) is 10.5. The molecule has 2 rings (SSSR count). The van der Waals surface area contributed by atoms with Crippen LogP contribution >= 0.6 is 11.6 Å². The van der Waals surface area contributed by atoms with Gasteiger partial charge in [0, 0.05) is 0 Å². The van der Waals surface area contributed by atoms with Crippen molar-refractivity contribution in [3.63, 3.8) is 0 Å². The normalized spacial score (nSPS) is 15.6. The number of non-ortho nitro benzene ring substituents is 1. The Bertz CT molecular complexity index is 466. The topological polar surface area (TPSA) is 63.5 Å². The molecule has 1 fully saturated rings. The van der Waals surface area contributed by atoms with Crippen LogP contribution in [0.5, 0.6) is 0 Å². The molecule has 0 aromatic heterocycles. The molecule has 1 saturated heterocycles. The number of carbonyl (C=O) groups excluding carboxylic acids is 1. The number of anilines is 1. The average Bonchev–Trinajstić information content (AvgIpc) is 2.64. The number of nitrogens with zero attached hydrogens (tertiary/aromatic N) is 2. The Morgan fingerprint density at radius 2 is 2.25 bits per heavy atom. The number of halogens is 1. The standard InChI is InChI=1S/C9H7ClN2O3Se/c10-7-5-6(12(14)15)1-2-8(7)11-3-4-16-9(11)13/h1-2,5H,3-4H2. The fraction of sp³-hybridized carbons (Fsp3) is 0.222. The molecule has 0 spiro atoms. The molecule has 7 heteroatoms. The van der Waals surface area contributed by atoms with Gasteiger partial charge < -0.3 is 0 Å². The average molecular weight is 306 g/mol. The second-order valence-electron chi connectivity index (χ2n) is 3.16. The Morgan fingerprint density at radius 1 is 1.50 bits per heavy atom. The van der Waals surface area contributed by atoms with Crippen LogP contribution in [0.25, 0.3) is 0 Å². The molecule has 84 valence electrons.